The molecule has 0 aliphatic rings. The van der Waals surface area contributed by atoms with Crippen LogP contribution >= 0.6 is 0 Å². The van der Waals surface area contributed by atoms with Crippen LogP contribution in [-0.4, -0.2) is 79.3 Å². The van der Waals surface area contributed by atoms with E-state index in [1.54, 1.807) is 0 Å². The predicted octanol–water partition coefficient (Wildman–Crippen LogP) is 31.7. The van der Waals surface area contributed by atoms with Crippen LogP contribution in [0, 0.1) is 87.3 Å². The van der Waals surface area contributed by atoms with E-state index in [1.165, 1.54) is 263 Å². The minimum absolute atomic E-state index is 0.177. The minimum Gasteiger partial charge on any atom is -0.381 e. The maximum atomic E-state index is 6.67. The van der Waals surface area contributed by atoms with Gasteiger partial charge >= 0.3 is 0 Å². The summed E-state index contributed by atoms with van der Waals surface area (Å²) < 4.78 is 37.1. The summed E-state index contributed by atoms with van der Waals surface area (Å²) in [6.45, 7) is 71.4. The Balaban J connectivity index is -0.000000639. The summed E-state index contributed by atoms with van der Waals surface area (Å²) in [4.78, 5) is 0. The molecule has 0 heterocycles. The highest BCUT2D eigenvalue weighted by atomic mass is 16.5. The minimum atomic E-state index is 0.177. The van der Waals surface area contributed by atoms with E-state index in [0.717, 1.165) is 151 Å². The molecule has 0 aromatic rings. The first-order valence-electron chi connectivity index (χ1n) is 46.9. The van der Waals surface area contributed by atoms with E-state index in [4.69, 9.17) is 28.4 Å². The van der Waals surface area contributed by atoms with Gasteiger partial charge in [0.05, 0.1) is 52.9 Å². The van der Waals surface area contributed by atoms with Gasteiger partial charge in [-0.15, -0.1) is 0 Å². The van der Waals surface area contributed by atoms with Crippen molar-refractivity contribution in [3.05, 3.63) is 0 Å². The van der Waals surface area contributed by atoms with Gasteiger partial charge in [0.25, 0.3) is 0 Å². The molecule has 0 radical (unpaired) electrons. The highest BCUT2D eigenvalue weighted by Gasteiger charge is 2.36. The van der Waals surface area contributed by atoms with Crippen molar-refractivity contribution in [1.82, 2.24) is 0 Å². The Hall–Kier alpha value is -0.240. The van der Waals surface area contributed by atoms with Gasteiger partial charge in [-0.1, -0.05) is 366 Å². The zero-order chi connectivity index (χ0) is 77.6. The fourth-order valence-corrected chi connectivity index (χ4v) is 18.6. The largest absolute Gasteiger partial charge is 0.381 e. The Morgan fingerprint density at radius 1 is 0.176 bits per heavy atom. The Morgan fingerprint density at radius 2 is 0.373 bits per heavy atom. The molecular weight excluding hydrogens is 1250 g/mol. The second-order valence-electron chi connectivity index (χ2n) is 33.8. The molecular formula is C96H200O6. The van der Waals surface area contributed by atoms with E-state index < -0.39 is 0 Å². The van der Waals surface area contributed by atoms with Crippen LogP contribution in [0.25, 0.3) is 0 Å². The molecule has 0 saturated carbocycles. The van der Waals surface area contributed by atoms with E-state index >= 15 is 0 Å². The molecule has 6 nitrogen and oxygen atoms in total. The molecule has 0 aliphatic carbocycles. The van der Waals surface area contributed by atoms with Crippen molar-refractivity contribution in [2.75, 3.05) is 79.3 Å². The molecule has 0 rings (SSSR count). The molecule has 0 bridgehead atoms. The third-order valence-corrected chi connectivity index (χ3v) is 24.9. The van der Waals surface area contributed by atoms with E-state index in [2.05, 4.69) is 180 Å². The van der Waals surface area contributed by atoms with Crippen molar-refractivity contribution in [2.45, 2.75) is 456 Å². The van der Waals surface area contributed by atoms with Crippen molar-refractivity contribution >= 4 is 0 Å². The fourth-order valence-electron chi connectivity index (χ4n) is 18.6. The first-order valence-corrected chi connectivity index (χ1v) is 46.9. The highest BCUT2D eigenvalue weighted by Crippen LogP contribution is 2.42. The zero-order valence-corrected chi connectivity index (χ0v) is 75.8. The first kappa shape index (κ1) is 108. The van der Waals surface area contributed by atoms with Crippen molar-refractivity contribution < 1.29 is 28.4 Å². The Morgan fingerprint density at radius 3 is 0.559 bits per heavy atom. The average molecular weight is 1450 g/mol. The van der Waals surface area contributed by atoms with Crippen molar-refractivity contribution in [1.29, 1.82) is 0 Å². The molecule has 10 atom stereocenters. The molecule has 0 spiro atoms. The summed E-state index contributed by atoms with van der Waals surface area (Å²) in [5, 5.41) is 0. The maximum absolute atomic E-state index is 6.67. The molecule has 620 valence electrons. The molecule has 0 amide bonds. The van der Waals surface area contributed by atoms with Crippen LogP contribution in [0.15, 0.2) is 0 Å². The van der Waals surface area contributed by atoms with Gasteiger partial charge in [-0.25, -0.2) is 0 Å². The van der Waals surface area contributed by atoms with Gasteiger partial charge in [0.1, 0.15) is 0 Å². The Bertz CT molecular complexity index is 1410. The zero-order valence-electron chi connectivity index (χ0n) is 75.8. The van der Waals surface area contributed by atoms with Crippen LogP contribution in [-0.2, 0) is 28.4 Å². The van der Waals surface area contributed by atoms with E-state index in [-0.39, 0.29) is 5.41 Å². The summed E-state index contributed by atoms with van der Waals surface area (Å²) in [5.41, 5.74) is 0.930. The van der Waals surface area contributed by atoms with Gasteiger partial charge < -0.3 is 28.4 Å². The van der Waals surface area contributed by atoms with E-state index in [0.29, 0.717) is 22.7 Å². The second kappa shape index (κ2) is 76.1. The van der Waals surface area contributed by atoms with Gasteiger partial charge in [0.2, 0.25) is 0 Å². The molecule has 0 aromatic heterocycles. The van der Waals surface area contributed by atoms with Crippen LogP contribution in [0.5, 0.6) is 0 Å². The summed E-state index contributed by atoms with van der Waals surface area (Å²) in [7, 11) is 0. The van der Waals surface area contributed by atoms with Gasteiger partial charge in [0, 0.05) is 43.7 Å². The topological polar surface area (TPSA) is 55.4 Å². The number of hydrogen-bond acceptors (Lipinski definition) is 6. The quantitative estimate of drug-likeness (QED) is 0.0605. The lowest BCUT2D eigenvalue weighted by Gasteiger charge is -2.39. The number of hydrogen-bond donors (Lipinski definition) is 0. The van der Waals surface area contributed by atoms with Crippen LogP contribution in [0.3, 0.4) is 0 Å². The van der Waals surface area contributed by atoms with Crippen molar-refractivity contribution in [2.24, 2.45) is 87.3 Å². The first-order chi connectivity index (χ1) is 49.4. The van der Waals surface area contributed by atoms with Crippen LogP contribution < -0.4 is 0 Å². The molecule has 6 heteroatoms. The lowest BCUT2D eigenvalue weighted by Crippen LogP contribution is -2.37. The SMILES string of the molecule is CCCC(CC)C(CC)C(CC)CCCC(CC)C(CC)C(CC)CCC.CCCC(CC)COCC(CC)COCC(CC)CCC.CCCC(CC)COCC(CC)COCC(CC)CCC.CCCC(CCC)(CCC)COCC(CCC)(CCC)COCC(CCC)(CCC)CCC. The third-order valence-electron chi connectivity index (χ3n) is 24.9. The third kappa shape index (κ3) is 52.8. The molecule has 0 aromatic carbocycles. The molecule has 0 N–H and O–H groups in total. The van der Waals surface area contributed by atoms with E-state index in [9.17, 15) is 0 Å². The lowest BCUT2D eigenvalue weighted by molar-refractivity contribution is -0.0768. The molecule has 102 heavy (non-hydrogen) atoms. The van der Waals surface area contributed by atoms with Crippen LogP contribution in [0.4, 0.5) is 0 Å². The lowest BCUT2D eigenvalue weighted by atomic mass is 9.71. The van der Waals surface area contributed by atoms with Gasteiger partial charge in [0.15, 0.2) is 0 Å². The van der Waals surface area contributed by atoms with Crippen LogP contribution in [0.1, 0.15) is 456 Å². The summed E-state index contributed by atoms with van der Waals surface area (Å²) >= 11 is 0. The molecule has 0 saturated heterocycles. The van der Waals surface area contributed by atoms with Crippen molar-refractivity contribution in [3.63, 3.8) is 0 Å². The van der Waals surface area contributed by atoms with Gasteiger partial charge in [-0.05, 0) is 160 Å². The fraction of sp³-hybridized carbons (Fsp3) is 1.00. The Kier molecular flexibility index (Phi) is 80.7. The summed E-state index contributed by atoms with van der Waals surface area (Å²) in [5.74, 6) is 9.84. The van der Waals surface area contributed by atoms with Crippen LogP contribution in [0.2, 0.25) is 0 Å². The second-order valence-corrected chi connectivity index (χ2v) is 33.8. The summed E-state index contributed by atoms with van der Waals surface area (Å²) in [6, 6.07) is 0. The number of rotatable bonds is 72. The normalized spacial score (nSPS) is 15.7. The average Bonchev–Trinajstić information content (AvgIpc) is 0.854. The standard InChI is InChI=1S/C31H64O2.C27H56.2C19H40O2/c1-9-17-29(18-10-2,19-11-3)25-32-27-31(23-15-7,24-16-8)28-33-26-30(20-12-4,21-13-5)22-14-6;1-9-18-22(11-3)26(15-7)24(13-5)20-17-21-25(14-6)27(16-8)23(12-4)19-10-2;2*1-6-11-17(8-3)13-20-15-19(10-5)16-21-14-18(9-4)12-7-2/h9-28H2,1-8H3;22-27H,9-21H2,1-8H3;2*17-19H,6-16H2,1-5H3. The maximum Gasteiger partial charge on any atom is 0.0544 e. The number of ether oxygens (including phenoxy) is 6. The molecule has 10 unspecified atom stereocenters. The monoisotopic (exact) mass is 1450 g/mol. The smallest absolute Gasteiger partial charge is 0.0544 e. The van der Waals surface area contributed by atoms with Crippen molar-refractivity contribution in [3.8, 4) is 0 Å². The predicted molar refractivity (Wildman–Crippen MR) is 460 cm³/mol. The summed E-state index contributed by atoms with van der Waals surface area (Å²) in [6.07, 6.45) is 56.0. The Labute approximate surface area is 647 Å². The van der Waals surface area contributed by atoms with Gasteiger partial charge in [-0.3, -0.25) is 0 Å². The highest BCUT2D eigenvalue weighted by molar-refractivity contribution is 4.85. The molecule has 0 fully saturated rings. The van der Waals surface area contributed by atoms with E-state index in [1.807, 2.05) is 0 Å². The molecule has 0 aliphatic heterocycles. The van der Waals surface area contributed by atoms with Gasteiger partial charge in [-0.2, -0.15) is 0 Å².